The van der Waals surface area contributed by atoms with Crippen LogP contribution in [0.4, 0.5) is 9.52 Å². The van der Waals surface area contributed by atoms with Gasteiger partial charge in [-0.2, -0.15) is 0 Å². The number of benzene rings is 1. The molecule has 2 bridgehead atoms. The van der Waals surface area contributed by atoms with Crippen molar-refractivity contribution >= 4 is 22.4 Å². The molecule has 2 aliphatic heterocycles. The Morgan fingerprint density at radius 1 is 1.29 bits per heavy atom. The van der Waals surface area contributed by atoms with E-state index in [1.165, 1.54) is 23.5 Å². The minimum Gasteiger partial charge on any atom is -0.396 e. The lowest BCUT2D eigenvalue weighted by Gasteiger charge is -2.35. The Balaban J connectivity index is 1.56. The topological polar surface area (TPSA) is 87.5 Å². The molecule has 0 aliphatic carbocycles. The predicted octanol–water partition coefficient (Wildman–Crippen LogP) is 2.34. The molecule has 0 unspecified atom stereocenters. The molecule has 4 atom stereocenters. The van der Waals surface area contributed by atoms with Gasteiger partial charge >= 0.3 is 0 Å². The van der Waals surface area contributed by atoms with Gasteiger partial charge in [0.05, 0.1) is 12.0 Å². The third kappa shape index (κ3) is 3.20. The van der Waals surface area contributed by atoms with E-state index in [4.69, 9.17) is 0 Å². The summed E-state index contributed by atoms with van der Waals surface area (Å²) in [4.78, 5) is 32.7. The standard InChI is InChI=1S/C22H21FN4O3S/c1-26-17-10-27-16(7-6-14(21(27)30)12-2-4-13(23)5-3-12)19(26)18(15(17)11-28)20(29)25-22-24-8-9-31-22/h2-9,15,17-19,28H,10-11H2,1H3,(H,24,25,29)/t15-,17-,18+,19+/m0/s1. The zero-order valence-electron chi connectivity index (χ0n) is 16.7. The minimum atomic E-state index is -0.520. The zero-order chi connectivity index (χ0) is 21.7. The number of hydrogen-bond acceptors (Lipinski definition) is 6. The highest BCUT2D eigenvalue weighted by atomic mass is 32.1. The molecule has 1 amide bonds. The molecule has 1 saturated heterocycles. The molecule has 0 saturated carbocycles. The van der Waals surface area contributed by atoms with Crippen LogP contribution in [0.5, 0.6) is 0 Å². The van der Waals surface area contributed by atoms with Crippen LogP contribution in [-0.4, -0.2) is 45.2 Å². The van der Waals surface area contributed by atoms with Crippen LogP contribution in [0.15, 0.2) is 52.8 Å². The number of nitrogens with one attached hydrogen (secondary N) is 1. The highest BCUT2D eigenvalue weighted by Crippen LogP contribution is 2.47. The number of fused-ring (bicyclic) bond motifs is 4. The summed E-state index contributed by atoms with van der Waals surface area (Å²) >= 11 is 1.33. The number of likely N-dealkylation sites (N-methyl/N-ethyl adjacent to an activating group) is 1. The Morgan fingerprint density at radius 2 is 2.06 bits per heavy atom. The lowest BCUT2D eigenvalue weighted by Crippen LogP contribution is -2.44. The van der Waals surface area contributed by atoms with Crippen LogP contribution >= 0.6 is 11.3 Å². The summed E-state index contributed by atoms with van der Waals surface area (Å²) in [6.45, 7) is 0.220. The first-order chi connectivity index (χ1) is 15.0. The Labute approximate surface area is 181 Å². The summed E-state index contributed by atoms with van der Waals surface area (Å²) in [6, 6.07) is 8.93. The largest absolute Gasteiger partial charge is 0.396 e. The highest BCUT2D eigenvalue weighted by molar-refractivity contribution is 7.13. The van der Waals surface area contributed by atoms with Crippen molar-refractivity contribution in [1.29, 1.82) is 0 Å². The van der Waals surface area contributed by atoms with Crippen molar-refractivity contribution < 1.29 is 14.3 Å². The summed E-state index contributed by atoms with van der Waals surface area (Å²) < 4.78 is 15.0. The van der Waals surface area contributed by atoms with Crippen molar-refractivity contribution in [2.75, 3.05) is 19.0 Å². The number of thiazole rings is 1. The molecule has 2 aliphatic rings. The van der Waals surface area contributed by atoms with E-state index in [2.05, 4.69) is 15.2 Å². The first-order valence-electron chi connectivity index (χ1n) is 10.0. The molecule has 1 aromatic carbocycles. The van der Waals surface area contributed by atoms with Gasteiger partial charge in [-0.05, 0) is 36.9 Å². The number of rotatable bonds is 4. The van der Waals surface area contributed by atoms with E-state index in [1.807, 2.05) is 13.1 Å². The third-order valence-electron chi connectivity index (χ3n) is 6.47. The number of aliphatic hydroxyl groups is 1. The molecule has 0 spiro atoms. The second kappa shape index (κ2) is 7.67. The van der Waals surface area contributed by atoms with Gasteiger partial charge in [0.15, 0.2) is 5.13 Å². The van der Waals surface area contributed by atoms with Crippen LogP contribution in [-0.2, 0) is 11.3 Å². The van der Waals surface area contributed by atoms with E-state index in [0.29, 0.717) is 22.8 Å². The number of amides is 1. The number of halogens is 1. The van der Waals surface area contributed by atoms with Crippen LogP contribution < -0.4 is 10.9 Å². The molecule has 0 radical (unpaired) electrons. The summed E-state index contributed by atoms with van der Waals surface area (Å²) in [7, 11) is 1.93. The number of aliphatic hydroxyl groups excluding tert-OH is 1. The van der Waals surface area contributed by atoms with Gasteiger partial charge in [-0.1, -0.05) is 12.1 Å². The van der Waals surface area contributed by atoms with Crippen molar-refractivity contribution in [3.05, 3.63) is 69.8 Å². The Bertz CT molecular complexity index is 1180. The molecule has 5 rings (SSSR count). The molecule has 2 aromatic heterocycles. The van der Waals surface area contributed by atoms with Gasteiger partial charge in [0, 0.05) is 47.9 Å². The average molecular weight is 441 g/mol. The monoisotopic (exact) mass is 440 g/mol. The number of hydrogen-bond donors (Lipinski definition) is 2. The van der Waals surface area contributed by atoms with Gasteiger partial charge in [0.1, 0.15) is 5.82 Å². The van der Waals surface area contributed by atoms with Gasteiger partial charge in [-0.25, -0.2) is 9.37 Å². The fourth-order valence-electron chi connectivity index (χ4n) is 5.01. The summed E-state index contributed by atoms with van der Waals surface area (Å²) in [6.07, 6.45) is 1.62. The molecular weight excluding hydrogens is 419 g/mol. The lowest BCUT2D eigenvalue weighted by molar-refractivity contribution is -0.122. The third-order valence-corrected chi connectivity index (χ3v) is 7.16. The fraction of sp³-hybridized carbons (Fsp3) is 0.318. The van der Waals surface area contributed by atoms with E-state index in [9.17, 15) is 19.1 Å². The van der Waals surface area contributed by atoms with E-state index in [-0.39, 0.29) is 41.9 Å². The van der Waals surface area contributed by atoms with Gasteiger partial charge in [0.2, 0.25) is 5.91 Å². The molecule has 160 valence electrons. The highest BCUT2D eigenvalue weighted by Gasteiger charge is 2.54. The van der Waals surface area contributed by atoms with Crippen LogP contribution in [0.1, 0.15) is 11.7 Å². The number of nitrogens with zero attached hydrogens (tertiary/aromatic N) is 3. The maximum Gasteiger partial charge on any atom is 0.258 e. The van der Waals surface area contributed by atoms with Crippen molar-refractivity contribution in [3.8, 4) is 11.1 Å². The maximum atomic E-state index is 13.3. The van der Waals surface area contributed by atoms with E-state index in [1.54, 1.807) is 34.3 Å². The fourth-order valence-corrected chi connectivity index (χ4v) is 5.55. The number of anilines is 1. The predicted molar refractivity (Wildman–Crippen MR) is 115 cm³/mol. The van der Waals surface area contributed by atoms with Crippen LogP contribution in [0, 0.1) is 17.7 Å². The maximum absolute atomic E-state index is 13.3. The first-order valence-corrected chi connectivity index (χ1v) is 10.9. The lowest BCUT2D eigenvalue weighted by atomic mass is 9.86. The number of carbonyl (C=O) groups is 1. The Morgan fingerprint density at radius 3 is 2.74 bits per heavy atom. The Kier molecular flexibility index (Phi) is 4.96. The van der Waals surface area contributed by atoms with Crippen molar-refractivity contribution in [2.24, 2.45) is 11.8 Å². The number of carbonyl (C=O) groups excluding carboxylic acids is 1. The normalized spacial score (nSPS) is 24.7. The van der Waals surface area contributed by atoms with Gasteiger partial charge in [-0.3, -0.25) is 14.5 Å². The molecular formula is C22H21FN4O3S. The molecule has 2 N–H and O–H groups in total. The van der Waals surface area contributed by atoms with Gasteiger partial charge in [0.25, 0.3) is 5.56 Å². The second-order valence-corrected chi connectivity index (χ2v) is 8.87. The van der Waals surface area contributed by atoms with Crippen LogP contribution in [0.2, 0.25) is 0 Å². The Hall–Kier alpha value is -2.88. The van der Waals surface area contributed by atoms with Gasteiger partial charge in [-0.15, -0.1) is 11.3 Å². The first kappa shape index (κ1) is 20.0. The summed E-state index contributed by atoms with van der Waals surface area (Å²) in [5.74, 6) is -1.41. The minimum absolute atomic E-state index is 0.157. The van der Waals surface area contributed by atoms with Gasteiger partial charge < -0.3 is 15.0 Å². The number of aromatic nitrogens is 2. The molecule has 7 nitrogen and oxygen atoms in total. The quantitative estimate of drug-likeness (QED) is 0.650. The molecule has 3 aromatic rings. The summed E-state index contributed by atoms with van der Waals surface area (Å²) in [5.41, 5.74) is 1.69. The van der Waals surface area contributed by atoms with E-state index in [0.717, 1.165) is 5.69 Å². The van der Waals surface area contributed by atoms with Crippen LogP contribution in [0.3, 0.4) is 0 Å². The molecule has 9 heteroatoms. The molecule has 1 fully saturated rings. The zero-order valence-corrected chi connectivity index (χ0v) is 17.6. The average Bonchev–Trinajstić information content (AvgIpc) is 3.32. The van der Waals surface area contributed by atoms with Crippen LogP contribution in [0.25, 0.3) is 11.1 Å². The van der Waals surface area contributed by atoms with E-state index < -0.39 is 5.92 Å². The smallest absolute Gasteiger partial charge is 0.258 e. The molecule has 4 heterocycles. The number of pyridine rings is 1. The molecule has 31 heavy (non-hydrogen) atoms. The SMILES string of the molecule is CN1[C@@H]2c3ccc(-c4ccc(F)cc4)c(=O)n3C[C@H]1[C@H](CO)[C@H]2C(=O)Nc1nccs1. The van der Waals surface area contributed by atoms with Crippen molar-refractivity contribution in [3.63, 3.8) is 0 Å². The van der Waals surface area contributed by atoms with Crippen molar-refractivity contribution in [2.45, 2.75) is 18.6 Å². The second-order valence-electron chi connectivity index (χ2n) is 7.97. The van der Waals surface area contributed by atoms with E-state index >= 15 is 0 Å². The summed E-state index contributed by atoms with van der Waals surface area (Å²) in [5, 5.41) is 15.3. The van der Waals surface area contributed by atoms with Crippen molar-refractivity contribution in [1.82, 2.24) is 14.5 Å².